The van der Waals surface area contributed by atoms with Crippen molar-refractivity contribution < 1.29 is 4.79 Å². The van der Waals surface area contributed by atoms with Crippen molar-refractivity contribution in [3.63, 3.8) is 0 Å². The van der Waals surface area contributed by atoms with Crippen molar-refractivity contribution in [3.05, 3.63) is 4.88 Å². The molecule has 2 aliphatic rings. The number of carbonyl (C=O) groups is 1. The number of hydrogen-bond acceptors (Lipinski definition) is 5. The molecule has 0 radical (unpaired) electrons. The van der Waals surface area contributed by atoms with E-state index in [1.807, 2.05) is 0 Å². The van der Waals surface area contributed by atoms with Gasteiger partial charge in [0.25, 0.3) is 5.91 Å². The predicted octanol–water partition coefficient (Wildman–Crippen LogP) is 2.39. The topological polar surface area (TPSA) is 71.2 Å². The molecule has 3 rings (SSSR count). The second kappa shape index (κ2) is 5.99. The van der Waals surface area contributed by atoms with E-state index in [-0.39, 0.29) is 5.91 Å². The monoisotopic (exact) mass is 294 g/mol. The van der Waals surface area contributed by atoms with Crippen molar-refractivity contribution in [1.82, 2.24) is 10.3 Å². The first-order chi connectivity index (χ1) is 9.74. The summed E-state index contributed by atoms with van der Waals surface area (Å²) in [6.07, 6.45) is 8.35. The van der Waals surface area contributed by atoms with Crippen LogP contribution in [0.4, 0.5) is 10.9 Å². The van der Waals surface area contributed by atoms with Gasteiger partial charge in [0, 0.05) is 19.1 Å². The lowest BCUT2D eigenvalue weighted by Crippen LogP contribution is -2.39. The molecule has 1 aromatic heterocycles. The van der Waals surface area contributed by atoms with Gasteiger partial charge in [-0.05, 0) is 32.1 Å². The average Bonchev–Trinajstić information content (AvgIpc) is 2.63. The van der Waals surface area contributed by atoms with Crippen LogP contribution < -0.4 is 16.0 Å². The molecular formula is C14H22N4OS. The zero-order valence-corrected chi connectivity index (χ0v) is 12.5. The highest BCUT2D eigenvalue weighted by Gasteiger charge is 2.24. The van der Waals surface area contributed by atoms with Gasteiger partial charge in [0.15, 0.2) is 5.13 Å². The molecule has 1 saturated heterocycles. The fraction of sp³-hybridized carbons (Fsp3) is 0.714. The smallest absolute Gasteiger partial charge is 0.265 e. The predicted molar refractivity (Wildman–Crippen MR) is 82.3 cm³/mol. The number of thiazole rings is 1. The molecule has 0 atom stereocenters. The largest absolute Gasteiger partial charge is 0.382 e. The van der Waals surface area contributed by atoms with Crippen LogP contribution in [-0.2, 0) is 0 Å². The molecule has 0 spiro atoms. The molecule has 2 heterocycles. The second-order valence-electron chi connectivity index (χ2n) is 5.71. The summed E-state index contributed by atoms with van der Waals surface area (Å²) in [5.74, 6) is 0.330. The van der Waals surface area contributed by atoms with E-state index < -0.39 is 0 Å². The van der Waals surface area contributed by atoms with Gasteiger partial charge >= 0.3 is 0 Å². The van der Waals surface area contributed by atoms with Crippen molar-refractivity contribution in [2.45, 2.75) is 51.0 Å². The van der Waals surface area contributed by atoms with Gasteiger partial charge in [-0.3, -0.25) is 4.79 Å². The van der Waals surface area contributed by atoms with Gasteiger partial charge in [0.1, 0.15) is 10.7 Å². The summed E-state index contributed by atoms with van der Waals surface area (Å²) in [6, 6.07) is 0.339. The molecule has 0 unspecified atom stereocenters. The lowest BCUT2D eigenvalue weighted by molar-refractivity contribution is 0.0922. The number of anilines is 2. The van der Waals surface area contributed by atoms with Gasteiger partial charge in [-0.1, -0.05) is 24.2 Å². The van der Waals surface area contributed by atoms with Crippen molar-refractivity contribution >= 4 is 28.2 Å². The van der Waals surface area contributed by atoms with Gasteiger partial charge < -0.3 is 16.0 Å². The summed E-state index contributed by atoms with van der Waals surface area (Å²) in [6.45, 7) is 2.05. The Hall–Kier alpha value is -1.30. The number of nitrogen functional groups attached to an aromatic ring is 1. The van der Waals surface area contributed by atoms with E-state index in [0.29, 0.717) is 16.7 Å². The van der Waals surface area contributed by atoms with Crippen LogP contribution in [0.2, 0.25) is 0 Å². The van der Waals surface area contributed by atoms with Crippen LogP contribution in [0.1, 0.15) is 54.6 Å². The number of aromatic nitrogens is 1. The lowest BCUT2D eigenvalue weighted by atomic mass is 9.93. The summed E-state index contributed by atoms with van der Waals surface area (Å²) >= 11 is 1.44. The minimum Gasteiger partial charge on any atom is -0.382 e. The Bertz CT molecular complexity index is 476. The first-order valence-corrected chi connectivity index (χ1v) is 8.38. The summed E-state index contributed by atoms with van der Waals surface area (Å²) in [4.78, 5) is 19.5. The molecule has 5 nitrogen and oxygen atoms in total. The maximum absolute atomic E-state index is 12.2. The van der Waals surface area contributed by atoms with Gasteiger partial charge in [0.2, 0.25) is 0 Å². The van der Waals surface area contributed by atoms with Gasteiger partial charge in [0.05, 0.1) is 0 Å². The molecule has 1 amide bonds. The van der Waals surface area contributed by atoms with Crippen LogP contribution in [0.25, 0.3) is 0 Å². The highest BCUT2D eigenvalue weighted by Crippen LogP contribution is 2.30. The number of hydrogen-bond donors (Lipinski definition) is 2. The number of carbonyl (C=O) groups excluding carboxylic acids is 1. The molecule has 2 fully saturated rings. The summed E-state index contributed by atoms with van der Waals surface area (Å²) < 4.78 is 0. The van der Waals surface area contributed by atoms with Gasteiger partial charge in [-0.2, -0.15) is 0 Å². The van der Waals surface area contributed by atoms with E-state index in [1.165, 1.54) is 43.4 Å². The third-order valence-corrected chi connectivity index (χ3v) is 5.30. The highest BCUT2D eigenvalue weighted by molar-refractivity contribution is 7.18. The Morgan fingerprint density at radius 1 is 1.20 bits per heavy atom. The maximum atomic E-state index is 12.2. The Labute approximate surface area is 123 Å². The SMILES string of the molecule is Nc1nc(N2CCCCCC2)sc1C(=O)NC1CCC1. The summed E-state index contributed by atoms with van der Waals surface area (Å²) in [7, 11) is 0. The van der Waals surface area contributed by atoms with Crippen LogP contribution >= 0.6 is 11.3 Å². The molecule has 6 heteroatoms. The first kappa shape index (κ1) is 13.7. The third kappa shape index (κ3) is 2.90. The van der Waals surface area contributed by atoms with Crippen molar-refractivity contribution in [2.75, 3.05) is 23.7 Å². The standard InChI is InChI=1S/C14H22N4OS/c15-12-11(13(19)16-10-6-5-7-10)20-14(17-12)18-8-3-1-2-4-9-18/h10H,1-9,15H2,(H,16,19). The molecule has 3 N–H and O–H groups in total. The van der Waals surface area contributed by atoms with Crippen molar-refractivity contribution in [1.29, 1.82) is 0 Å². The van der Waals surface area contributed by atoms with E-state index in [9.17, 15) is 4.79 Å². The minimum atomic E-state index is -0.0502. The number of nitrogens with two attached hydrogens (primary N) is 1. The fourth-order valence-corrected chi connectivity index (χ4v) is 3.62. The Balaban J connectivity index is 1.70. The first-order valence-electron chi connectivity index (χ1n) is 7.56. The van der Waals surface area contributed by atoms with Crippen LogP contribution in [0.15, 0.2) is 0 Å². The third-order valence-electron chi connectivity index (χ3n) is 4.17. The molecule has 0 aromatic carbocycles. The number of nitrogens with one attached hydrogen (secondary N) is 1. The van der Waals surface area contributed by atoms with E-state index >= 15 is 0 Å². The second-order valence-corrected chi connectivity index (χ2v) is 6.69. The summed E-state index contributed by atoms with van der Waals surface area (Å²) in [5, 5.41) is 3.94. The molecule has 1 aliphatic carbocycles. The van der Waals surface area contributed by atoms with Crippen molar-refractivity contribution in [2.24, 2.45) is 0 Å². The Kier molecular flexibility index (Phi) is 4.10. The minimum absolute atomic E-state index is 0.0502. The van der Waals surface area contributed by atoms with Crippen LogP contribution in [0.3, 0.4) is 0 Å². The van der Waals surface area contributed by atoms with Gasteiger partial charge in [-0.25, -0.2) is 4.98 Å². The average molecular weight is 294 g/mol. The number of rotatable bonds is 3. The zero-order valence-electron chi connectivity index (χ0n) is 11.7. The van der Waals surface area contributed by atoms with Crippen LogP contribution in [-0.4, -0.2) is 30.0 Å². The van der Waals surface area contributed by atoms with Crippen LogP contribution in [0.5, 0.6) is 0 Å². The van der Waals surface area contributed by atoms with E-state index in [2.05, 4.69) is 15.2 Å². The van der Waals surface area contributed by atoms with Crippen LogP contribution in [0, 0.1) is 0 Å². The van der Waals surface area contributed by atoms with Gasteiger partial charge in [-0.15, -0.1) is 0 Å². The van der Waals surface area contributed by atoms with E-state index in [4.69, 9.17) is 5.73 Å². The Morgan fingerprint density at radius 3 is 2.50 bits per heavy atom. The normalized spacial score (nSPS) is 20.3. The number of amides is 1. The molecule has 1 aromatic rings. The molecule has 1 aliphatic heterocycles. The fourth-order valence-electron chi connectivity index (χ4n) is 2.68. The lowest BCUT2D eigenvalue weighted by Gasteiger charge is -2.26. The molecule has 20 heavy (non-hydrogen) atoms. The molecular weight excluding hydrogens is 272 g/mol. The summed E-state index contributed by atoms with van der Waals surface area (Å²) in [5.41, 5.74) is 5.94. The zero-order chi connectivity index (χ0) is 13.9. The van der Waals surface area contributed by atoms with Crippen molar-refractivity contribution in [3.8, 4) is 0 Å². The van der Waals surface area contributed by atoms with E-state index in [0.717, 1.165) is 31.1 Å². The quantitative estimate of drug-likeness (QED) is 0.898. The molecule has 110 valence electrons. The highest BCUT2D eigenvalue weighted by atomic mass is 32.1. The molecule has 1 saturated carbocycles. The number of nitrogens with zero attached hydrogens (tertiary/aromatic N) is 2. The molecule has 0 bridgehead atoms. The Morgan fingerprint density at radius 2 is 1.90 bits per heavy atom. The van der Waals surface area contributed by atoms with E-state index in [1.54, 1.807) is 0 Å². The maximum Gasteiger partial charge on any atom is 0.265 e.